The zero-order valence-corrected chi connectivity index (χ0v) is 26.3. The number of furan rings is 1. The monoisotopic (exact) mass is 613 g/mol. The summed E-state index contributed by atoms with van der Waals surface area (Å²) in [7, 11) is 0. The number of hydrogen-bond donors (Lipinski definition) is 0. The third-order valence-corrected chi connectivity index (χ3v) is 9.25. The van der Waals surface area contributed by atoms with E-state index in [1.165, 1.54) is 33.0 Å². The van der Waals surface area contributed by atoms with Crippen molar-refractivity contribution in [1.29, 1.82) is 0 Å². The van der Waals surface area contributed by atoms with Crippen LogP contribution in [0.3, 0.4) is 0 Å². The van der Waals surface area contributed by atoms with E-state index >= 15 is 0 Å². The molecule has 226 valence electrons. The molecule has 48 heavy (non-hydrogen) atoms. The van der Waals surface area contributed by atoms with Crippen LogP contribution in [0.4, 0.5) is 17.1 Å². The third kappa shape index (κ3) is 4.83. The average Bonchev–Trinajstić information content (AvgIpc) is 3.56. The van der Waals surface area contributed by atoms with Crippen LogP contribution in [-0.2, 0) is 0 Å². The highest BCUT2D eigenvalue weighted by Gasteiger charge is 2.21. The second-order valence-corrected chi connectivity index (χ2v) is 12.1. The Morgan fingerprint density at radius 1 is 0.375 bits per heavy atom. The number of hydrogen-bond acceptors (Lipinski definition) is 2. The Bertz CT molecular complexity index is 2530. The fourth-order valence-corrected chi connectivity index (χ4v) is 6.98. The highest BCUT2D eigenvalue weighted by Crippen LogP contribution is 2.45. The first kappa shape index (κ1) is 27.9. The maximum absolute atomic E-state index is 6.73. The molecular formula is C46H31NO. The summed E-state index contributed by atoms with van der Waals surface area (Å²) in [5.41, 5.74) is 12.0. The van der Waals surface area contributed by atoms with E-state index < -0.39 is 0 Å². The minimum Gasteiger partial charge on any atom is -0.455 e. The summed E-state index contributed by atoms with van der Waals surface area (Å²) in [4.78, 5) is 2.37. The minimum absolute atomic E-state index is 0.873. The molecule has 8 aromatic carbocycles. The van der Waals surface area contributed by atoms with Gasteiger partial charge in [-0.15, -0.1) is 0 Å². The van der Waals surface area contributed by atoms with Gasteiger partial charge in [0.15, 0.2) is 0 Å². The molecule has 0 spiro atoms. The van der Waals surface area contributed by atoms with Crippen molar-refractivity contribution in [1.82, 2.24) is 0 Å². The summed E-state index contributed by atoms with van der Waals surface area (Å²) >= 11 is 0. The normalized spacial score (nSPS) is 11.3. The molecule has 0 aliphatic rings. The molecule has 9 rings (SSSR count). The van der Waals surface area contributed by atoms with E-state index in [0.717, 1.165) is 50.1 Å². The second kappa shape index (κ2) is 11.8. The number of anilines is 3. The number of para-hydroxylation sites is 1. The van der Waals surface area contributed by atoms with E-state index in [1.807, 2.05) is 0 Å². The standard InChI is InChI=1S/C46H31NO/c1-4-14-32(15-5-1)33-24-26-37(27-25-33)47(43-23-13-12-21-39(43)34-16-6-2-7-17-34)38-28-29-44-42(31-38)45-40-22-11-10-20-36(40)30-41(46(45)48-44)35-18-8-3-9-19-35/h1-31H. The van der Waals surface area contributed by atoms with Crippen LogP contribution in [0.1, 0.15) is 0 Å². The molecule has 0 aliphatic carbocycles. The van der Waals surface area contributed by atoms with Gasteiger partial charge in [-0.3, -0.25) is 0 Å². The molecule has 0 aliphatic heterocycles. The molecule has 0 atom stereocenters. The number of fused-ring (bicyclic) bond motifs is 5. The molecule has 0 bridgehead atoms. The van der Waals surface area contributed by atoms with Crippen molar-refractivity contribution in [3.8, 4) is 33.4 Å². The van der Waals surface area contributed by atoms with Gasteiger partial charge in [-0.25, -0.2) is 0 Å². The molecule has 0 N–H and O–H groups in total. The van der Waals surface area contributed by atoms with Gasteiger partial charge >= 0.3 is 0 Å². The van der Waals surface area contributed by atoms with Gasteiger partial charge in [0.05, 0.1) is 5.69 Å². The van der Waals surface area contributed by atoms with E-state index in [-0.39, 0.29) is 0 Å². The van der Waals surface area contributed by atoms with Crippen molar-refractivity contribution in [3.05, 3.63) is 188 Å². The Morgan fingerprint density at radius 3 is 1.67 bits per heavy atom. The fraction of sp³-hybridized carbons (Fsp3) is 0. The predicted octanol–water partition coefficient (Wildman–Crippen LogP) is 13.2. The van der Waals surface area contributed by atoms with Crippen LogP contribution >= 0.6 is 0 Å². The van der Waals surface area contributed by atoms with Crippen molar-refractivity contribution >= 4 is 49.8 Å². The Balaban J connectivity index is 1.29. The summed E-state index contributed by atoms with van der Waals surface area (Å²) in [6.07, 6.45) is 0. The molecule has 1 heterocycles. The van der Waals surface area contributed by atoms with Crippen LogP contribution in [0.15, 0.2) is 192 Å². The van der Waals surface area contributed by atoms with Crippen molar-refractivity contribution < 1.29 is 4.42 Å². The van der Waals surface area contributed by atoms with Crippen molar-refractivity contribution in [2.24, 2.45) is 0 Å². The molecule has 0 saturated heterocycles. The Labute approximate surface area is 279 Å². The fourth-order valence-electron chi connectivity index (χ4n) is 6.98. The summed E-state index contributed by atoms with van der Waals surface area (Å²) in [6.45, 7) is 0. The van der Waals surface area contributed by atoms with E-state index in [1.54, 1.807) is 0 Å². The molecule has 9 aromatic rings. The first-order valence-electron chi connectivity index (χ1n) is 16.4. The SMILES string of the molecule is c1ccc(-c2ccc(N(c3ccc4oc5c(-c6ccccc6)cc6ccccc6c5c4c3)c3ccccc3-c3ccccc3)cc2)cc1. The maximum atomic E-state index is 6.73. The minimum atomic E-state index is 0.873. The molecule has 2 heteroatoms. The van der Waals surface area contributed by atoms with E-state index in [2.05, 4.69) is 193 Å². The Kier molecular flexibility index (Phi) is 6.84. The van der Waals surface area contributed by atoms with Gasteiger partial charge in [0.1, 0.15) is 11.2 Å². The van der Waals surface area contributed by atoms with Gasteiger partial charge in [0.25, 0.3) is 0 Å². The average molecular weight is 614 g/mol. The molecule has 1 aromatic heterocycles. The lowest BCUT2D eigenvalue weighted by molar-refractivity contribution is 0.670. The largest absolute Gasteiger partial charge is 0.455 e. The first-order valence-corrected chi connectivity index (χ1v) is 16.4. The van der Waals surface area contributed by atoms with E-state index in [4.69, 9.17) is 4.42 Å². The lowest BCUT2D eigenvalue weighted by Gasteiger charge is -2.28. The molecule has 0 fully saturated rings. The molecule has 0 amide bonds. The van der Waals surface area contributed by atoms with Crippen LogP contribution in [0.5, 0.6) is 0 Å². The highest BCUT2D eigenvalue weighted by molar-refractivity contribution is 6.23. The van der Waals surface area contributed by atoms with Crippen molar-refractivity contribution in [3.63, 3.8) is 0 Å². The number of rotatable bonds is 6. The van der Waals surface area contributed by atoms with Gasteiger partial charge in [0, 0.05) is 33.3 Å². The van der Waals surface area contributed by atoms with Gasteiger partial charge in [0.2, 0.25) is 0 Å². The summed E-state index contributed by atoms with van der Waals surface area (Å²) in [6, 6.07) is 66.8. The Hall–Kier alpha value is -6.38. The van der Waals surface area contributed by atoms with Crippen LogP contribution in [0.25, 0.3) is 66.1 Å². The quantitative estimate of drug-likeness (QED) is 0.185. The van der Waals surface area contributed by atoms with Gasteiger partial charge in [-0.05, 0) is 75.5 Å². The number of benzene rings is 8. The zero-order chi connectivity index (χ0) is 31.9. The molecule has 2 nitrogen and oxygen atoms in total. The van der Waals surface area contributed by atoms with Gasteiger partial charge in [-0.1, -0.05) is 146 Å². The zero-order valence-electron chi connectivity index (χ0n) is 26.3. The predicted molar refractivity (Wildman–Crippen MR) is 202 cm³/mol. The summed E-state index contributed by atoms with van der Waals surface area (Å²) in [5, 5.41) is 4.62. The summed E-state index contributed by atoms with van der Waals surface area (Å²) in [5.74, 6) is 0. The molecular weight excluding hydrogens is 583 g/mol. The third-order valence-electron chi connectivity index (χ3n) is 9.25. The molecule has 0 radical (unpaired) electrons. The lowest BCUT2D eigenvalue weighted by atomic mass is 9.96. The van der Waals surface area contributed by atoms with Crippen LogP contribution in [-0.4, -0.2) is 0 Å². The van der Waals surface area contributed by atoms with E-state index in [0.29, 0.717) is 0 Å². The smallest absolute Gasteiger partial charge is 0.143 e. The molecule has 0 saturated carbocycles. The first-order chi connectivity index (χ1) is 23.8. The highest BCUT2D eigenvalue weighted by atomic mass is 16.3. The van der Waals surface area contributed by atoms with Gasteiger partial charge < -0.3 is 9.32 Å². The second-order valence-electron chi connectivity index (χ2n) is 12.1. The summed E-state index contributed by atoms with van der Waals surface area (Å²) < 4.78 is 6.73. The topological polar surface area (TPSA) is 16.4 Å². The maximum Gasteiger partial charge on any atom is 0.143 e. The van der Waals surface area contributed by atoms with Crippen LogP contribution in [0.2, 0.25) is 0 Å². The van der Waals surface area contributed by atoms with Gasteiger partial charge in [-0.2, -0.15) is 0 Å². The Morgan fingerprint density at radius 2 is 0.938 bits per heavy atom. The number of nitrogens with zero attached hydrogens (tertiary/aromatic N) is 1. The van der Waals surface area contributed by atoms with E-state index in [9.17, 15) is 0 Å². The van der Waals surface area contributed by atoms with Crippen molar-refractivity contribution in [2.45, 2.75) is 0 Å². The van der Waals surface area contributed by atoms with Crippen LogP contribution in [0, 0.1) is 0 Å². The lowest BCUT2D eigenvalue weighted by Crippen LogP contribution is -2.11. The molecule has 0 unspecified atom stereocenters. The van der Waals surface area contributed by atoms with Crippen LogP contribution < -0.4 is 4.90 Å². The van der Waals surface area contributed by atoms with Crippen molar-refractivity contribution in [2.75, 3.05) is 4.90 Å².